The molecule has 85 heavy (non-hydrogen) atoms. The first-order chi connectivity index (χ1) is 40.8. The second kappa shape index (κ2) is 47.1. The van der Waals surface area contributed by atoms with Crippen LogP contribution in [0.3, 0.4) is 0 Å². The van der Waals surface area contributed by atoms with Crippen molar-refractivity contribution < 1.29 is 57.1 Å². The van der Waals surface area contributed by atoms with Crippen LogP contribution >= 0.6 is 0 Å². The predicted octanol–water partition coefficient (Wildman–Crippen LogP) is 11.4. The van der Waals surface area contributed by atoms with E-state index < -0.39 is 6.04 Å². The first kappa shape index (κ1) is 76.1. The molecule has 0 fully saturated rings. The summed E-state index contributed by atoms with van der Waals surface area (Å²) in [7, 11) is 0. The zero-order valence-corrected chi connectivity index (χ0v) is 54.3. The number of amides is 4. The topological polar surface area (TPSA) is 190 Å². The van der Waals surface area contributed by atoms with Crippen LogP contribution in [0.1, 0.15) is 153 Å². The predicted molar refractivity (Wildman–Crippen MR) is 343 cm³/mol. The highest BCUT2D eigenvalue weighted by atomic mass is 16.6. The molecule has 0 unspecified atom stereocenters. The molecule has 4 N–H and O–H groups in total. The van der Waals surface area contributed by atoms with Crippen LogP contribution in [0.15, 0.2) is 117 Å². The van der Waals surface area contributed by atoms with Gasteiger partial charge in [0, 0.05) is 58.0 Å². The fourth-order valence-electron chi connectivity index (χ4n) is 9.72. The van der Waals surface area contributed by atoms with Gasteiger partial charge in [0.2, 0.25) is 23.6 Å². The minimum Gasteiger partial charge on any atom is -0.379 e. The Labute approximate surface area is 512 Å². The number of ether oxygens (including phenoxy) is 8. The van der Waals surface area contributed by atoms with Crippen molar-refractivity contribution in [2.45, 2.75) is 159 Å². The Morgan fingerprint density at radius 3 is 1.35 bits per heavy atom. The highest BCUT2D eigenvalue weighted by Crippen LogP contribution is 2.42. The molecule has 0 spiro atoms. The SMILES string of the molecule is CCOCCOCCOCCOCCOCCC(=O)NCCCOCCOCCOCCCNC(=O)[C@H](CCCCNC(=O)/C=C(C)/C=C/C=C(C)/C=C/C1=C(C)CCCC1(C)C)NC(=O)/C=C(C)/C=C/C=C(C)/C=C/C1=C(C)CCCC1(C)C. The lowest BCUT2D eigenvalue weighted by Gasteiger charge is -2.33. The van der Waals surface area contributed by atoms with Crippen LogP contribution in [0, 0.1) is 10.8 Å². The summed E-state index contributed by atoms with van der Waals surface area (Å²) in [4.78, 5) is 51.7. The second-order valence-corrected chi connectivity index (χ2v) is 23.3. The minimum absolute atomic E-state index is 0.0721. The van der Waals surface area contributed by atoms with Crippen molar-refractivity contribution in [3.8, 4) is 0 Å². The van der Waals surface area contributed by atoms with Crippen LogP contribution in [0.4, 0.5) is 0 Å². The van der Waals surface area contributed by atoms with E-state index >= 15 is 0 Å². The molecular weight excluding hydrogens is 1080 g/mol. The number of rotatable bonds is 47. The summed E-state index contributed by atoms with van der Waals surface area (Å²) in [5.74, 6) is -0.880. The van der Waals surface area contributed by atoms with Crippen molar-refractivity contribution in [3.63, 3.8) is 0 Å². The molecule has 480 valence electrons. The number of allylic oxidation sites excluding steroid dienone is 18. The average Bonchev–Trinajstić information content (AvgIpc) is 3.61. The largest absolute Gasteiger partial charge is 0.379 e. The summed E-state index contributed by atoms with van der Waals surface area (Å²) in [6.07, 6.45) is 34.1. The van der Waals surface area contributed by atoms with Crippen molar-refractivity contribution in [2.75, 3.05) is 125 Å². The standard InChI is InChI=1S/C69H112N4O12/c1-12-78-41-42-82-49-50-85-52-51-84-48-45-81-40-32-64(74)70-36-19-38-79-43-46-83-47-44-80-39-20-37-72-67(77)63(73-66(76)54-58(5)24-16-22-56(3)29-31-62-60(7)26-18-34-69(62,10)11)27-13-14-35-71-65(75)53-57(4)23-15-21-55(2)28-30-61-59(6)25-17-33-68(61,8)9/h15-16,21-24,28-31,53-54,63H,12-14,17-20,25-27,32-52H2,1-11H3,(H,70,74)(H,71,75)(H,72,77)(H,73,76)/b23-15+,24-16+,30-28+,31-29+,55-21+,56-22+,57-53+,58-54+/t63-/m0/s1. The summed E-state index contributed by atoms with van der Waals surface area (Å²) < 4.78 is 44.0. The van der Waals surface area contributed by atoms with E-state index in [1.165, 1.54) is 54.1 Å². The molecule has 2 aliphatic carbocycles. The van der Waals surface area contributed by atoms with Crippen molar-refractivity contribution in [1.82, 2.24) is 21.3 Å². The average molecular weight is 1190 g/mol. The molecule has 0 heterocycles. The first-order valence-corrected chi connectivity index (χ1v) is 31.4. The van der Waals surface area contributed by atoms with Gasteiger partial charge in [0.15, 0.2) is 0 Å². The van der Waals surface area contributed by atoms with Gasteiger partial charge >= 0.3 is 0 Å². The van der Waals surface area contributed by atoms with E-state index in [0.717, 1.165) is 35.1 Å². The monoisotopic (exact) mass is 1190 g/mol. The van der Waals surface area contributed by atoms with Crippen molar-refractivity contribution in [3.05, 3.63) is 117 Å². The highest BCUT2D eigenvalue weighted by molar-refractivity contribution is 5.93. The number of carbonyl (C=O) groups excluding carboxylic acids is 4. The molecule has 0 saturated heterocycles. The molecule has 2 rings (SSSR count). The third-order valence-corrected chi connectivity index (χ3v) is 14.6. The molecule has 0 aromatic rings. The zero-order chi connectivity index (χ0) is 62.4. The van der Waals surface area contributed by atoms with E-state index in [1.807, 2.05) is 51.2 Å². The van der Waals surface area contributed by atoms with Gasteiger partial charge in [0.25, 0.3) is 0 Å². The maximum atomic E-state index is 13.5. The van der Waals surface area contributed by atoms with Crippen LogP contribution in [0.2, 0.25) is 0 Å². The lowest BCUT2D eigenvalue weighted by molar-refractivity contribution is -0.127. The van der Waals surface area contributed by atoms with E-state index in [0.29, 0.717) is 157 Å². The molecule has 0 bridgehead atoms. The summed E-state index contributed by atoms with van der Waals surface area (Å²) in [5, 5.41) is 11.7. The lowest BCUT2D eigenvalue weighted by Crippen LogP contribution is -2.46. The molecule has 1 atom stereocenters. The number of hydrogen-bond donors (Lipinski definition) is 4. The van der Waals surface area contributed by atoms with Gasteiger partial charge in [-0.05, 0) is 152 Å². The maximum absolute atomic E-state index is 13.5. The normalized spacial score (nSPS) is 16.6. The summed E-state index contributed by atoms with van der Waals surface area (Å²) in [6, 6.07) is -0.762. The summed E-state index contributed by atoms with van der Waals surface area (Å²) >= 11 is 0. The van der Waals surface area contributed by atoms with Crippen LogP contribution < -0.4 is 21.3 Å². The van der Waals surface area contributed by atoms with E-state index in [1.54, 1.807) is 6.08 Å². The summed E-state index contributed by atoms with van der Waals surface area (Å²) in [5.41, 5.74) is 9.97. The van der Waals surface area contributed by atoms with Crippen LogP contribution in [-0.2, 0) is 57.1 Å². The molecule has 2 aliphatic rings. The minimum atomic E-state index is -0.762. The van der Waals surface area contributed by atoms with Gasteiger partial charge in [-0.1, -0.05) is 111 Å². The molecule has 16 nitrogen and oxygen atoms in total. The van der Waals surface area contributed by atoms with E-state index in [-0.39, 0.29) is 40.9 Å². The molecule has 0 aromatic carbocycles. The zero-order valence-electron chi connectivity index (χ0n) is 54.3. The smallest absolute Gasteiger partial charge is 0.244 e. The van der Waals surface area contributed by atoms with Gasteiger partial charge in [-0.2, -0.15) is 0 Å². The van der Waals surface area contributed by atoms with Gasteiger partial charge < -0.3 is 59.2 Å². The van der Waals surface area contributed by atoms with E-state index in [4.69, 9.17) is 37.9 Å². The van der Waals surface area contributed by atoms with Crippen LogP contribution in [0.5, 0.6) is 0 Å². The second-order valence-electron chi connectivity index (χ2n) is 23.3. The highest BCUT2D eigenvalue weighted by Gasteiger charge is 2.27. The van der Waals surface area contributed by atoms with Crippen molar-refractivity contribution >= 4 is 23.6 Å². The first-order valence-electron chi connectivity index (χ1n) is 31.4. The van der Waals surface area contributed by atoms with Gasteiger partial charge in [-0.25, -0.2) is 0 Å². The third-order valence-electron chi connectivity index (χ3n) is 14.6. The van der Waals surface area contributed by atoms with Gasteiger partial charge in [0.05, 0.1) is 85.9 Å². The molecule has 0 aliphatic heterocycles. The Bertz CT molecular complexity index is 2270. The number of unbranched alkanes of at least 4 members (excludes halogenated alkanes) is 1. The van der Waals surface area contributed by atoms with Gasteiger partial charge in [-0.15, -0.1) is 0 Å². The number of nitrogens with one attached hydrogen (secondary N) is 4. The quantitative estimate of drug-likeness (QED) is 0.0257. The molecular formula is C69H112N4O12. The van der Waals surface area contributed by atoms with E-state index in [9.17, 15) is 19.2 Å². The Kier molecular flexibility index (Phi) is 42.1. The lowest BCUT2D eigenvalue weighted by atomic mass is 9.72. The number of hydrogen-bond acceptors (Lipinski definition) is 12. The summed E-state index contributed by atoms with van der Waals surface area (Å²) in [6.45, 7) is 32.5. The Hall–Kier alpha value is -5.04. The van der Waals surface area contributed by atoms with Gasteiger partial charge in [-0.3, -0.25) is 19.2 Å². The molecule has 16 heteroatoms. The van der Waals surface area contributed by atoms with E-state index in [2.05, 4.69) is 107 Å². The Morgan fingerprint density at radius 1 is 0.482 bits per heavy atom. The molecule has 0 radical (unpaired) electrons. The van der Waals surface area contributed by atoms with Crippen LogP contribution in [-0.4, -0.2) is 155 Å². The Balaban J connectivity index is 1.72. The van der Waals surface area contributed by atoms with Crippen molar-refractivity contribution in [2.24, 2.45) is 10.8 Å². The molecule has 0 aromatic heterocycles. The van der Waals surface area contributed by atoms with Crippen LogP contribution in [0.25, 0.3) is 0 Å². The Morgan fingerprint density at radius 2 is 0.894 bits per heavy atom. The molecule has 4 amide bonds. The maximum Gasteiger partial charge on any atom is 0.244 e. The van der Waals surface area contributed by atoms with Crippen molar-refractivity contribution in [1.29, 1.82) is 0 Å². The third kappa shape index (κ3) is 38.7. The number of carbonyl (C=O) groups is 4. The fraction of sp³-hybridized carbons (Fsp3) is 0.652. The van der Waals surface area contributed by atoms with Gasteiger partial charge in [0.1, 0.15) is 6.04 Å². The fourth-order valence-corrected chi connectivity index (χ4v) is 9.72. The molecule has 0 saturated carbocycles.